The Labute approximate surface area is 98.0 Å². The fourth-order valence-electron chi connectivity index (χ4n) is 2.01. The van der Waals surface area contributed by atoms with Crippen molar-refractivity contribution < 1.29 is 9.90 Å². The first-order chi connectivity index (χ1) is 7.56. The minimum absolute atomic E-state index is 0.133. The van der Waals surface area contributed by atoms with Gasteiger partial charge in [-0.2, -0.15) is 0 Å². The molecular weight excluding hydrogens is 204 g/mol. The van der Waals surface area contributed by atoms with E-state index in [4.69, 9.17) is 5.11 Å². The molecule has 0 heterocycles. The zero-order chi connectivity index (χ0) is 12.1. The highest BCUT2D eigenvalue weighted by Crippen LogP contribution is 2.25. The van der Waals surface area contributed by atoms with Gasteiger partial charge in [0, 0.05) is 19.1 Å². The van der Waals surface area contributed by atoms with Gasteiger partial charge in [0.05, 0.1) is 0 Å². The van der Waals surface area contributed by atoms with E-state index in [1.54, 1.807) is 0 Å². The number of hydrogen-bond donors (Lipinski definition) is 2. The van der Waals surface area contributed by atoms with Crippen molar-refractivity contribution >= 4 is 5.97 Å². The molecule has 1 saturated carbocycles. The first kappa shape index (κ1) is 13.5. The smallest absolute Gasteiger partial charge is 0.320 e. The molecule has 0 amide bonds. The van der Waals surface area contributed by atoms with E-state index in [2.05, 4.69) is 17.1 Å². The average molecular weight is 228 g/mol. The second-order valence-corrected chi connectivity index (χ2v) is 4.87. The maximum absolute atomic E-state index is 11.0. The molecule has 0 aromatic rings. The van der Waals surface area contributed by atoms with Crippen LogP contribution in [0.2, 0.25) is 0 Å². The predicted molar refractivity (Wildman–Crippen MR) is 64.5 cm³/mol. The maximum Gasteiger partial charge on any atom is 0.320 e. The zero-order valence-corrected chi connectivity index (χ0v) is 10.6. The van der Waals surface area contributed by atoms with E-state index in [0.717, 1.165) is 25.7 Å². The Hall–Kier alpha value is -0.610. The Bertz CT molecular complexity index is 227. The lowest BCUT2D eigenvalue weighted by Crippen LogP contribution is -2.44. The summed E-state index contributed by atoms with van der Waals surface area (Å²) in [5.74, 6) is -0.613. The van der Waals surface area contributed by atoms with Crippen molar-refractivity contribution in [3.05, 3.63) is 0 Å². The highest BCUT2D eigenvalue weighted by atomic mass is 16.4. The van der Waals surface area contributed by atoms with Crippen LogP contribution in [0.4, 0.5) is 0 Å². The molecule has 1 rings (SSSR count). The van der Waals surface area contributed by atoms with Crippen molar-refractivity contribution in [2.45, 2.75) is 45.7 Å². The zero-order valence-electron chi connectivity index (χ0n) is 10.6. The molecular formula is C12H24N2O2. The third-order valence-corrected chi connectivity index (χ3v) is 3.17. The summed E-state index contributed by atoms with van der Waals surface area (Å²) >= 11 is 0. The molecule has 16 heavy (non-hydrogen) atoms. The third-order valence-electron chi connectivity index (χ3n) is 3.17. The molecule has 0 saturated heterocycles. The summed E-state index contributed by atoms with van der Waals surface area (Å²) in [7, 11) is 0. The Morgan fingerprint density at radius 2 is 2.12 bits per heavy atom. The van der Waals surface area contributed by atoms with Gasteiger partial charge < -0.3 is 10.4 Å². The van der Waals surface area contributed by atoms with E-state index in [0.29, 0.717) is 0 Å². The predicted octanol–water partition coefficient (Wildman–Crippen LogP) is 1.17. The van der Waals surface area contributed by atoms with Crippen molar-refractivity contribution in [1.29, 1.82) is 0 Å². The van der Waals surface area contributed by atoms with E-state index in [9.17, 15) is 4.79 Å². The van der Waals surface area contributed by atoms with Gasteiger partial charge in [0.25, 0.3) is 0 Å². The third kappa shape index (κ3) is 4.10. The number of hydrogen-bond acceptors (Lipinski definition) is 3. The van der Waals surface area contributed by atoms with E-state index >= 15 is 0 Å². The molecule has 0 aromatic heterocycles. The molecule has 0 spiro atoms. The van der Waals surface area contributed by atoms with Crippen molar-refractivity contribution in [1.82, 2.24) is 10.2 Å². The Kier molecular flexibility index (Phi) is 5.22. The molecule has 1 atom stereocenters. The fraction of sp³-hybridized carbons (Fsp3) is 0.917. The monoisotopic (exact) mass is 228 g/mol. The highest BCUT2D eigenvalue weighted by Gasteiger charge is 2.27. The SMILES string of the molecule is CCN(CCNC(C(=O)O)C(C)C)C1CC1. The minimum Gasteiger partial charge on any atom is -0.480 e. The molecule has 2 N–H and O–H groups in total. The molecule has 0 aromatic carbocycles. The molecule has 1 unspecified atom stereocenters. The summed E-state index contributed by atoms with van der Waals surface area (Å²) < 4.78 is 0. The lowest BCUT2D eigenvalue weighted by molar-refractivity contribution is -0.140. The second-order valence-electron chi connectivity index (χ2n) is 4.87. The number of aliphatic carboxylic acids is 1. The molecule has 0 bridgehead atoms. The number of nitrogens with zero attached hydrogens (tertiary/aromatic N) is 1. The van der Waals surface area contributed by atoms with Crippen LogP contribution >= 0.6 is 0 Å². The Morgan fingerprint density at radius 1 is 1.50 bits per heavy atom. The Balaban J connectivity index is 2.23. The van der Waals surface area contributed by atoms with E-state index < -0.39 is 12.0 Å². The van der Waals surface area contributed by atoms with Crippen LogP contribution in [0.25, 0.3) is 0 Å². The lowest BCUT2D eigenvalue weighted by atomic mass is 10.1. The van der Waals surface area contributed by atoms with Gasteiger partial charge in [-0.1, -0.05) is 20.8 Å². The van der Waals surface area contributed by atoms with Crippen LogP contribution in [-0.2, 0) is 4.79 Å². The molecule has 4 nitrogen and oxygen atoms in total. The summed E-state index contributed by atoms with van der Waals surface area (Å²) in [5.41, 5.74) is 0. The van der Waals surface area contributed by atoms with Crippen LogP contribution in [0.5, 0.6) is 0 Å². The van der Waals surface area contributed by atoms with Crippen LogP contribution in [-0.4, -0.2) is 47.7 Å². The summed E-state index contributed by atoms with van der Waals surface area (Å²) in [6.07, 6.45) is 2.61. The van der Waals surface area contributed by atoms with E-state index in [-0.39, 0.29) is 5.92 Å². The van der Waals surface area contributed by atoms with Crippen LogP contribution in [0, 0.1) is 5.92 Å². The number of carboxylic acids is 1. The van der Waals surface area contributed by atoms with Gasteiger partial charge in [0.15, 0.2) is 0 Å². The molecule has 1 fully saturated rings. The number of carbonyl (C=O) groups is 1. The van der Waals surface area contributed by atoms with Gasteiger partial charge in [-0.05, 0) is 25.3 Å². The van der Waals surface area contributed by atoms with Crippen LogP contribution in [0.1, 0.15) is 33.6 Å². The van der Waals surface area contributed by atoms with Gasteiger partial charge in [0.1, 0.15) is 6.04 Å². The normalized spacial score (nSPS) is 18.1. The first-order valence-electron chi connectivity index (χ1n) is 6.26. The number of nitrogens with one attached hydrogen (secondary N) is 1. The Morgan fingerprint density at radius 3 is 2.50 bits per heavy atom. The van der Waals surface area contributed by atoms with Crippen molar-refractivity contribution in [3.63, 3.8) is 0 Å². The van der Waals surface area contributed by atoms with Crippen LogP contribution in [0.3, 0.4) is 0 Å². The van der Waals surface area contributed by atoms with E-state index in [1.165, 1.54) is 12.8 Å². The van der Waals surface area contributed by atoms with E-state index in [1.807, 2.05) is 13.8 Å². The number of rotatable bonds is 8. The van der Waals surface area contributed by atoms with Crippen LogP contribution < -0.4 is 5.32 Å². The lowest BCUT2D eigenvalue weighted by Gasteiger charge is -2.23. The molecule has 94 valence electrons. The first-order valence-corrected chi connectivity index (χ1v) is 6.26. The van der Waals surface area contributed by atoms with Gasteiger partial charge in [0.2, 0.25) is 0 Å². The minimum atomic E-state index is -0.746. The van der Waals surface area contributed by atoms with Gasteiger partial charge >= 0.3 is 5.97 Å². The maximum atomic E-state index is 11.0. The van der Waals surface area contributed by atoms with Crippen molar-refractivity contribution in [3.8, 4) is 0 Å². The molecule has 0 radical (unpaired) electrons. The van der Waals surface area contributed by atoms with Crippen molar-refractivity contribution in [2.24, 2.45) is 5.92 Å². The summed E-state index contributed by atoms with van der Waals surface area (Å²) in [6.45, 7) is 8.81. The standard InChI is InChI=1S/C12H24N2O2/c1-4-14(10-5-6-10)8-7-13-11(9(2)3)12(15)16/h9-11,13H,4-8H2,1-3H3,(H,15,16). The summed E-state index contributed by atoms with van der Waals surface area (Å²) in [4.78, 5) is 13.4. The topological polar surface area (TPSA) is 52.6 Å². The van der Waals surface area contributed by atoms with Gasteiger partial charge in [-0.15, -0.1) is 0 Å². The van der Waals surface area contributed by atoms with Crippen molar-refractivity contribution in [2.75, 3.05) is 19.6 Å². The van der Waals surface area contributed by atoms with Gasteiger partial charge in [-0.3, -0.25) is 9.69 Å². The largest absolute Gasteiger partial charge is 0.480 e. The number of carboxylic acid groups (broad SMARTS) is 1. The average Bonchev–Trinajstić information content (AvgIpc) is 3.00. The number of likely N-dealkylation sites (N-methyl/N-ethyl adjacent to an activating group) is 1. The molecule has 4 heteroatoms. The van der Waals surface area contributed by atoms with Gasteiger partial charge in [-0.25, -0.2) is 0 Å². The molecule has 1 aliphatic rings. The highest BCUT2D eigenvalue weighted by molar-refractivity contribution is 5.73. The van der Waals surface area contributed by atoms with Crippen LogP contribution in [0.15, 0.2) is 0 Å². The fourth-order valence-corrected chi connectivity index (χ4v) is 2.01. The quantitative estimate of drug-likeness (QED) is 0.655. The molecule has 0 aliphatic heterocycles. The summed E-state index contributed by atoms with van der Waals surface area (Å²) in [5, 5.41) is 12.1. The summed E-state index contributed by atoms with van der Waals surface area (Å²) in [6, 6.07) is 0.340. The second kappa shape index (κ2) is 6.21. The molecule has 1 aliphatic carbocycles.